The summed E-state index contributed by atoms with van der Waals surface area (Å²) >= 11 is 0. The van der Waals surface area contributed by atoms with E-state index < -0.39 is 61.8 Å². The zero-order valence-electron chi connectivity index (χ0n) is 10.2. The molecular weight excluding hydrogens is 280 g/mol. The van der Waals surface area contributed by atoms with Gasteiger partial charge in [0.25, 0.3) is 0 Å². The van der Waals surface area contributed by atoms with Gasteiger partial charge in [-0.1, -0.05) is 0 Å². The summed E-state index contributed by atoms with van der Waals surface area (Å²) in [5.41, 5.74) is 0. The van der Waals surface area contributed by atoms with Gasteiger partial charge >= 0.3 is 11.9 Å². The molecule has 1 aliphatic heterocycles. The Kier molecular flexibility index (Phi) is 5.80. The zero-order chi connectivity index (χ0) is 15.4. The standard InChI is InChI=1S/C10H16O10/c11-2-4-6(14)7(15)8(16)10(20-4)19-3(9(17)18)1-5(12)13/h3-4,6-8,10-11,14-16H,1-2H2,(H,12,13)(H,17,18)/t3-,4?,6-,7-,8?,10+/m0/s1. The fourth-order valence-corrected chi connectivity index (χ4v) is 1.69. The van der Waals surface area contributed by atoms with Crippen molar-refractivity contribution in [3.8, 4) is 0 Å². The fourth-order valence-electron chi connectivity index (χ4n) is 1.69. The second kappa shape index (κ2) is 6.92. The van der Waals surface area contributed by atoms with Gasteiger partial charge in [0, 0.05) is 0 Å². The quantitative estimate of drug-likeness (QED) is 0.292. The average molecular weight is 296 g/mol. The highest BCUT2D eigenvalue weighted by atomic mass is 16.7. The second-order valence-electron chi connectivity index (χ2n) is 4.26. The van der Waals surface area contributed by atoms with Crippen LogP contribution in [0.5, 0.6) is 0 Å². The molecule has 1 saturated heterocycles. The molecule has 0 aromatic heterocycles. The second-order valence-corrected chi connectivity index (χ2v) is 4.26. The van der Waals surface area contributed by atoms with Gasteiger partial charge < -0.3 is 40.1 Å². The van der Waals surface area contributed by atoms with Crippen molar-refractivity contribution < 1.29 is 49.7 Å². The summed E-state index contributed by atoms with van der Waals surface area (Å²) in [5.74, 6) is -3.04. The smallest absolute Gasteiger partial charge is 0.333 e. The summed E-state index contributed by atoms with van der Waals surface area (Å²) in [6.07, 6.45) is -10.8. The monoisotopic (exact) mass is 296 g/mol. The highest BCUT2D eigenvalue weighted by molar-refractivity contribution is 5.79. The number of carbonyl (C=O) groups is 2. The molecule has 1 aliphatic rings. The van der Waals surface area contributed by atoms with Crippen LogP contribution in [0.25, 0.3) is 0 Å². The SMILES string of the molecule is O=C(O)C[C@H](O[C@@H]1OC(CO)[C@H](O)[C@H](O)C1O)C(=O)O. The summed E-state index contributed by atoms with van der Waals surface area (Å²) < 4.78 is 9.70. The molecule has 0 spiro atoms. The summed E-state index contributed by atoms with van der Waals surface area (Å²) in [5, 5.41) is 54.8. The molecule has 116 valence electrons. The Morgan fingerprint density at radius 1 is 1.10 bits per heavy atom. The van der Waals surface area contributed by atoms with Crippen molar-refractivity contribution in [2.24, 2.45) is 0 Å². The van der Waals surface area contributed by atoms with Crippen molar-refractivity contribution in [3.05, 3.63) is 0 Å². The van der Waals surface area contributed by atoms with Gasteiger partial charge in [0.2, 0.25) is 0 Å². The normalized spacial score (nSPS) is 35.5. The first kappa shape index (κ1) is 16.8. The maximum absolute atomic E-state index is 10.8. The molecule has 0 amide bonds. The van der Waals surface area contributed by atoms with E-state index in [0.29, 0.717) is 0 Å². The van der Waals surface area contributed by atoms with Gasteiger partial charge in [0.15, 0.2) is 12.4 Å². The number of carboxylic acid groups (broad SMARTS) is 2. The Morgan fingerprint density at radius 3 is 2.15 bits per heavy atom. The van der Waals surface area contributed by atoms with E-state index in [1.54, 1.807) is 0 Å². The summed E-state index contributed by atoms with van der Waals surface area (Å²) in [6, 6.07) is 0. The Balaban J connectivity index is 2.77. The Bertz CT molecular complexity index is 356. The molecule has 0 aromatic carbocycles. The van der Waals surface area contributed by atoms with E-state index in [2.05, 4.69) is 0 Å². The zero-order valence-corrected chi connectivity index (χ0v) is 10.2. The minimum atomic E-state index is -1.81. The van der Waals surface area contributed by atoms with E-state index in [9.17, 15) is 24.9 Å². The van der Waals surface area contributed by atoms with Gasteiger partial charge in [0.05, 0.1) is 13.0 Å². The van der Waals surface area contributed by atoms with E-state index in [-0.39, 0.29) is 0 Å². The Labute approximate surface area is 112 Å². The molecule has 1 fully saturated rings. The van der Waals surface area contributed by atoms with Crippen molar-refractivity contribution in [3.63, 3.8) is 0 Å². The number of aliphatic hydroxyl groups is 4. The number of ether oxygens (including phenoxy) is 2. The molecule has 0 aromatic rings. The molecule has 0 aliphatic carbocycles. The van der Waals surface area contributed by atoms with Crippen LogP contribution in [0.3, 0.4) is 0 Å². The molecule has 0 bridgehead atoms. The predicted molar refractivity (Wildman–Crippen MR) is 58.5 cm³/mol. The minimum absolute atomic E-state index is 0.707. The third kappa shape index (κ3) is 3.85. The van der Waals surface area contributed by atoms with Crippen LogP contribution >= 0.6 is 0 Å². The van der Waals surface area contributed by atoms with E-state index in [4.69, 9.17) is 24.8 Å². The Morgan fingerprint density at radius 2 is 1.70 bits per heavy atom. The van der Waals surface area contributed by atoms with Crippen LogP contribution in [0.4, 0.5) is 0 Å². The fraction of sp³-hybridized carbons (Fsp3) is 0.800. The predicted octanol–water partition coefficient (Wildman–Crippen LogP) is -3.27. The van der Waals surface area contributed by atoms with Gasteiger partial charge in [-0.15, -0.1) is 0 Å². The lowest BCUT2D eigenvalue weighted by atomic mass is 9.99. The number of hydrogen-bond donors (Lipinski definition) is 6. The lowest BCUT2D eigenvalue weighted by Crippen LogP contribution is -2.60. The largest absolute Gasteiger partial charge is 0.481 e. The topological polar surface area (TPSA) is 174 Å². The molecule has 10 nitrogen and oxygen atoms in total. The van der Waals surface area contributed by atoms with Crippen LogP contribution in [0.1, 0.15) is 6.42 Å². The van der Waals surface area contributed by atoms with Crippen molar-refractivity contribution >= 4 is 11.9 Å². The van der Waals surface area contributed by atoms with Gasteiger partial charge in [-0.2, -0.15) is 0 Å². The molecule has 0 saturated carbocycles. The molecule has 6 N–H and O–H groups in total. The summed E-state index contributed by atoms with van der Waals surface area (Å²) in [7, 11) is 0. The van der Waals surface area contributed by atoms with Crippen molar-refractivity contribution in [1.82, 2.24) is 0 Å². The number of hydrogen-bond acceptors (Lipinski definition) is 8. The molecule has 10 heteroatoms. The molecule has 20 heavy (non-hydrogen) atoms. The van der Waals surface area contributed by atoms with Crippen LogP contribution < -0.4 is 0 Å². The maximum Gasteiger partial charge on any atom is 0.333 e. The maximum atomic E-state index is 10.8. The lowest BCUT2D eigenvalue weighted by Gasteiger charge is -2.40. The van der Waals surface area contributed by atoms with Gasteiger partial charge in [-0.05, 0) is 0 Å². The van der Waals surface area contributed by atoms with Gasteiger partial charge in [-0.3, -0.25) is 4.79 Å². The van der Waals surface area contributed by atoms with E-state index >= 15 is 0 Å². The molecule has 0 radical (unpaired) electrons. The van der Waals surface area contributed by atoms with Crippen LogP contribution in [-0.4, -0.2) is 86.0 Å². The molecule has 1 heterocycles. The molecule has 6 atom stereocenters. The third-order valence-corrected chi connectivity index (χ3v) is 2.78. The molecule has 1 rings (SSSR count). The van der Waals surface area contributed by atoms with Crippen LogP contribution in [0.2, 0.25) is 0 Å². The summed E-state index contributed by atoms with van der Waals surface area (Å²) in [6.45, 7) is -0.707. The van der Waals surface area contributed by atoms with E-state index in [1.165, 1.54) is 0 Å². The molecule has 2 unspecified atom stereocenters. The van der Waals surface area contributed by atoms with Gasteiger partial charge in [0.1, 0.15) is 24.4 Å². The number of rotatable bonds is 6. The minimum Gasteiger partial charge on any atom is -0.481 e. The van der Waals surface area contributed by atoms with Crippen LogP contribution in [0, 0.1) is 0 Å². The first-order chi connectivity index (χ1) is 9.27. The van der Waals surface area contributed by atoms with Crippen molar-refractivity contribution in [1.29, 1.82) is 0 Å². The number of aliphatic carboxylic acids is 2. The van der Waals surface area contributed by atoms with Crippen molar-refractivity contribution in [2.45, 2.75) is 43.2 Å². The first-order valence-electron chi connectivity index (χ1n) is 5.68. The first-order valence-corrected chi connectivity index (χ1v) is 5.68. The van der Waals surface area contributed by atoms with Crippen molar-refractivity contribution in [2.75, 3.05) is 6.61 Å². The van der Waals surface area contributed by atoms with Crippen LogP contribution in [0.15, 0.2) is 0 Å². The Hall–Kier alpha value is -1.30. The van der Waals surface area contributed by atoms with Gasteiger partial charge in [-0.25, -0.2) is 4.79 Å². The highest BCUT2D eigenvalue weighted by Gasteiger charge is 2.45. The lowest BCUT2D eigenvalue weighted by molar-refractivity contribution is -0.310. The summed E-state index contributed by atoms with van der Waals surface area (Å²) in [4.78, 5) is 21.3. The number of carboxylic acids is 2. The van der Waals surface area contributed by atoms with Crippen LogP contribution in [-0.2, 0) is 19.1 Å². The third-order valence-electron chi connectivity index (χ3n) is 2.78. The number of aliphatic hydroxyl groups excluding tert-OH is 4. The average Bonchev–Trinajstić information content (AvgIpc) is 2.37. The highest BCUT2D eigenvalue weighted by Crippen LogP contribution is 2.23. The molecular formula is C10H16O10. The van der Waals surface area contributed by atoms with E-state index in [0.717, 1.165) is 0 Å². The van der Waals surface area contributed by atoms with E-state index in [1.807, 2.05) is 0 Å².